The van der Waals surface area contributed by atoms with Gasteiger partial charge in [-0.15, -0.1) is 0 Å². The van der Waals surface area contributed by atoms with Crippen LogP contribution < -0.4 is 0 Å². The van der Waals surface area contributed by atoms with Gasteiger partial charge in [-0.1, -0.05) is 13.8 Å². The first-order valence-electron chi connectivity index (χ1n) is 4.02. The molecule has 10 heavy (non-hydrogen) atoms. The van der Waals surface area contributed by atoms with Gasteiger partial charge in [-0.2, -0.15) is 11.8 Å². The van der Waals surface area contributed by atoms with Crippen molar-refractivity contribution in [2.75, 3.05) is 20.1 Å². The Labute approximate surface area is 68.2 Å². The topological polar surface area (TPSA) is 3.24 Å². The highest BCUT2D eigenvalue weighted by molar-refractivity contribution is 8.00. The molecular formula is C8H17NS. The molecule has 2 heteroatoms. The molecule has 0 saturated carbocycles. The van der Waals surface area contributed by atoms with E-state index in [0.717, 1.165) is 10.5 Å². The molecule has 1 atom stereocenters. The van der Waals surface area contributed by atoms with E-state index in [1.54, 1.807) is 0 Å². The molecule has 0 aliphatic carbocycles. The van der Waals surface area contributed by atoms with Gasteiger partial charge in [-0.25, -0.2) is 0 Å². The third-order valence-corrected chi connectivity index (χ3v) is 3.13. The minimum absolute atomic E-state index is 0.802. The van der Waals surface area contributed by atoms with Crippen LogP contribution in [0.4, 0.5) is 0 Å². The van der Waals surface area contributed by atoms with Crippen molar-refractivity contribution in [1.82, 2.24) is 4.90 Å². The van der Waals surface area contributed by atoms with Crippen molar-refractivity contribution in [3.8, 4) is 0 Å². The molecule has 1 aliphatic rings. The number of hydrogen-bond acceptors (Lipinski definition) is 2. The highest BCUT2D eigenvalue weighted by Gasteiger charge is 2.20. The molecule has 0 amide bonds. The van der Waals surface area contributed by atoms with E-state index in [9.17, 15) is 0 Å². The van der Waals surface area contributed by atoms with Gasteiger partial charge in [0, 0.05) is 11.8 Å². The molecule has 1 rings (SSSR count). The molecule has 0 aromatic heterocycles. The zero-order valence-electron chi connectivity index (χ0n) is 7.13. The Morgan fingerprint density at radius 1 is 1.50 bits per heavy atom. The second-order valence-electron chi connectivity index (χ2n) is 3.36. The average molecular weight is 159 g/mol. The lowest BCUT2D eigenvalue weighted by Crippen LogP contribution is -2.15. The Hall–Kier alpha value is 0.310. The molecular weight excluding hydrogens is 142 g/mol. The number of hydrogen-bond donors (Lipinski definition) is 0. The Bertz CT molecular complexity index is 103. The standard InChI is InChI=1S/C8H17NS/c1-7(2)10-8-4-5-9(3)6-8/h7-8H,4-6H2,1-3H3. The van der Waals surface area contributed by atoms with Crippen LogP contribution in [0.3, 0.4) is 0 Å². The summed E-state index contributed by atoms with van der Waals surface area (Å²) < 4.78 is 0. The molecule has 1 saturated heterocycles. The van der Waals surface area contributed by atoms with E-state index in [1.807, 2.05) is 0 Å². The minimum Gasteiger partial charge on any atom is -0.305 e. The normalized spacial score (nSPS) is 28.2. The maximum atomic E-state index is 2.42. The van der Waals surface area contributed by atoms with E-state index in [4.69, 9.17) is 0 Å². The van der Waals surface area contributed by atoms with Gasteiger partial charge in [0.15, 0.2) is 0 Å². The second-order valence-corrected chi connectivity index (χ2v) is 5.24. The summed E-state index contributed by atoms with van der Waals surface area (Å²) in [6.07, 6.45) is 1.39. The quantitative estimate of drug-likeness (QED) is 0.605. The van der Waals surface area contributed by atoms with Gasteiger partial charge in [0.2, 0.25) is 0 Å². The fourth-order valence-electron chi connectivity index (χ4n) is 1.39. The molecule has 1 heterocycles. The van der Waals surface area contributed by atoms with Crippen molar-refractivity contribution < 1.29 is 0 Å². The fourth-order valence-corrected chi connectivity index (χ4v) is 2.74. The molecule has 0 aromatic carbocycles. The van der Waals surface area contributed by atoms with Crippen molar-refractivity contribution in [1.29, 1.82) is 0 Å². The van der Waals surface area contributed by atoms with Crippen LogP contribution in [0.15, 0.2) is 0 Å². The molecule has 0 spiro atoms. The van der Waals surface area contributed by atoms with Crippen molar-refractivity contribution in [3.05, 3.63) is 0 Å². The van der Waals surface area contributed by atoms with Gasteiger partial charge in [0.25, 0.3) is 0 Å². The number of likely N-dealkylation sites (tertiary alicyclic amines) is 1. The maximum Gasteiger partial charge on any atom is 0.0189 e. The Balaban J connectivity index is 2.18. The second kappa shape index (κ2) is 3.63. The summed E-state index contributed by atoms with van der Waals surface area (Å²) in [5.74, 6) is 0. The van der Waals surface area contributed by atoms with E-state index < -0.39 is 0 Å². The predicted octanol–water partition coefficient (Wildman–Crippen LogP) is 1.83. The zero-order valence-corrected chi connectivity index (χ0v) is 7.95. The Kier molecular flexibility index (Phi) is 3.05. The molecule has 0 aromatic rings. The van der Waals surface area contributed by atoms with E-state index in [2.05, 4.69) is 37.6 Å². The summed E-state index contributed by atoms with van der Waals surface area (Å²) in [6, 6.07) is 0. The molecule has 60 valence electrons. The van der Waals surface area contributed by atoms with Crippen LogP contribution in [-0.2, 0) is 0 Å². The average Bonchev–Trinajstić information content (AvgIpc) is 2.13. The van der Waals surface area contributed by atoms with Crippen LogP contribution in [0.5, 0.6) is 0 Å². The van der Waals surface area contributed by atoms with Crippen LogP contribution in [-0.4, -0.2) is 35.5 Å². The Morgan fingerprint density at radius 3 is 2.60 bits per heavy atom. The number of rotatable bonds is 2. The maximum absolute atomic E-state index is 2.42. The molecule has 0 radical (unpaired) electrons. The summed E-state index contributed by atoms with van der Waals surface area (Å²) in [5.41, 5.74) is 0. The summed E-state index contributed by atoms with van der Waals surface area (Å²) in [4.78, 5) is 2.42. The summed E-state index contributed by atoms with van der Waals surface area (Å²) in [5, 5.41) is 1.71. The SMILES string of the molecule is CC(C)SC1CCN(C)C1. The van der Waals surface area contributed by atoms with Gasteiger partial charge in [-0.05, 0) is 25.3 Å². The van der Waals surface area contributed by atoms with Gasteiger partial charge in [0.05, 0.1) is 0 Å². The monoisotopic (exact) mass is 159 g/mol. The molecule has 1 unspecified atom stereocenters. The summed E-state index contributed by atoms with van der Waals surface area (Å²) in [6.45, 7) is 7.15. The van der Waals surface area contributed by atoms with Crippen LogP contribution in [0.1, 0.15) is 20.3 Å². The minimum atomic E-state index is 0.802. The summed E-state index contributed by atoms with van der Waals surface area (Å²) in [7, 11) is 2.21. The number of thioether (sulfide) groups is 1. The van der Waals surface area contributed by atoms with Crippen LogP contribution in [0, 0.1) is 0 Å². The first kappa shape index (κ1) is 8.41. The van der Waals surface area contributed by atoms with E-state index in [1.165, 1.54) is 19.5 Å². The molecule has 1 nitrogen and oxygen atoms in total. The van der Waals surface area contributed by atoms with E-state index >= 15 is 0 Å². The van der Waals surface area contributed by atoms with Gasteiger partial charge in [0.1, 0.15) is 0 Å². The van der Waals surface area contributed by atoms with Gasteiger partial charge in [-0.3, -0.25) is 0 Å². The lowest BCUT2D eigenvalue weighted by atomic mass is 10.4. The van der Waals surface area contributed by atoms with Gasteiger partial charge < -0.3 is 4.90 Å². The van der Waals surface area contributed by atoms with Crippen LogP contribution >= 0.6 is 11.8 Å². The fraction of sp³-hybridized carbons (Fsp3) is 1.00. The summed E-state index contributed by atoms with van der Waals surface area (Å²) >= 11 is 2.12. The third-order valence-electron chi connectivity index (χ3n) is 1.81. The van der Waals surface area contributed by atoms with Gasteiger partial charge >= 0.3 is 0 Å². The first-order valence-corrected chi connectivity index (χ1v) is 4.97. The Morgan fingerprint density at radius 2 is 2.20 bits per heavy atom. The highest BCUT2D eigenvalue weighted by atomic mass is 32.2. The third kappa shape index (κ3) is 2.51. The lowest BCUT2D eigenvalue weighted by molar-refractivity contribution is 0.419. The lowest BCUT2D eigenvalue weighted by Gasteiger charge is -2.11. The van der Waals surface area contributed by atoms with Crippen molar-refractivity contribution in [2.24, 2.45) is 0 Å². The zero-order chi connectivity index (χ0) is 7.56. The molecule has 1 fully saturated rings. The largest absolute Gasteiger partial charge is 0.305 e. The van der Waals surface area contributed by atoms with Crippen LogP contribution in [0.2, 0.25) is 0 Å². The molecule has 1 aliphatic heterocycles. The molecule has 0 N–H and O–H groups in total. The predicted molar refractivity (Wildman–Crippen MR) is 48.6 cm³/mol. The highest BCUT2D eigenvalue weighted by Crippen LogP contribution is 2.24. The molecule has 0 bridgehead atoms. The number of nitrogens with zero attached hydrogens (tertiary/aromatic N) is 1. The van der Waals surface area contributed by atoms with E-state index in [-0.39, 0.29) is 0 Å². The van der Waals surface area contributed by atoms with Crippen molar-refractivity contribution >= 4 is 11.8 Å². The van der Waals surface area contributed by atoms with Crippen LogP contribution in [0.25, 0.3) is 0 Å². The smallest absolute Gasteiger partial charge is 0.0189 e. The van der Waals surface area contributed by atoms with E-state index in [0.29, 0.717) is 0 Å². The van der Waals surface area contributed by atoms with Crippen molar-refractivity contribution in [2.45, 2.75) is 30.8 Å². The first-order chi connectivity index (χ1) is 4.68. The van der Waals surface area contributed by atoms with Crippen molar-refractivity contribution in [3.63, 3.8) is 0 Å².